The Kier molecular flexibility index (Phi) is 3.18. The zero-order valence-electron chi connectivity index (χ0n) is 9.74. The number of carboxylic acid groups (broad SMARTS) is 1. The molecule has 0 saturated carbocycles. The molecule has 0 aromatic heterocycles. The van der Waals surface area contributed by atoms with Gasteiger partial charge in [0.15, 0.2) is 0 Å². The second-order valence-corrected chi connectivity index (χ2v) is 4.98. The van der Waals surface area contributed by atoms with Crippen molar-refractivity contribution in [2.75, 3.05) is 0 Å². The second kappa shape index (κ2) is 4.05. The van der Waals surface area contributed by atoms with Crippen molar-refractivity contribution in [3.05, 3.63) is 35.4 Å². The summed E-state index contributed by atoms with van der Waals surface area (Å²) < 4.78 is 0. The number of hydrogen-bond acceptors (Lipinski definition) is 1. The van der Waals surface area contributed by atoms with Gasteiger partial charge in [-0.25, -0.2) is 4.79 Å². The lowest BCUT2D eigenvalue weighted by molar-refractivity contribution is 0.0694. The van der Waals surface area contributed by atoms with Crippen LogP contribution in [-0.4, -0.2) is 11.1 Å². The van der Waals surface area contributed by atoms with Crippen molar-refractivity contribution in [2.45, 2.75) is 33.6 Å². The van der Waals surface area contributed by atoms with Crippen LogP contribution in [0.4, 0.5) is 0 Å². The molecule has 15 heavy (non-hydrogen) atoms. The molecule has 82 valence electrons. The molecule has 0 spiro atoms. The van der Waals surface area contributed by atoms with Crippen LogP contribution in [-0.2, 0) is 0 Å². The molecule has 0 fully saturated rings. The summed E-state index contributed by atoms with van der Waals surface area (Å²) in [6.07, 6.45) is 0. The molecule has 0 aliphatic carbocycles. The van der Waals surface area contributed by atoms with Crippen LogP contribution < -0.4 is 0 Å². The van der Waals surface area contributed by atoms with Gasteiger partial charge in [0, 0.05) is 0 Å². The fraction of sp³-hybridized carbons (Fsp3) is 0.462. The molecule has 0 bridgehead atoms. The van der Waals surface area contributed by atoms with Gasteiger partial charge in [0.1, 0.15) is 0 Å². The Balaban J connectivity index is 3.19. The van der Waals surface area contributed by atoms with E-state index in [2.05, 4.69) is 27.7 Å². The molecule has 0 heterocycles. The third-order valence-corrected chi connectivity index (χ3v) is 2.96. The van der Waals surface area contributed by atoms with Crippen molar-refractivity contribution in [3.63, 3.8) is 0 Å². The summed E-state index contributed by atoms with van der Waals surface area (Å²) in [5.41, 5.74) is 1.41. The topological polar surface area (TPSA) is 37.3 Å². The summed E-state index contributed by atoms with van der Waals surface area (Å²) in [5.74, 6) is -0.619. The third-order valence-electron chi connectivity index (χ3n) is 2.96. The highest BCUT2D eigenvalue weighted by Gasteiger charge is 2.25. The van der Waals surface area contributed by atoms with Crippen LogP contribution in [0, 0.1) is 5.41 Å². The van der Waals surface area contributed by atoms with Gasteiger partial charge in [0.05, 0.1) is 5.56 Å². The molecule has 2 nitrogen and oxygen atoms in total. The Morgan fingerprint density at radius 2 is 1.80 bits per heavy atom. The maximum atomic E-state index is 11.1. The van der Waals surface area contributed by atoms with Crippen molar-refractivity contribution in [2.24, 2.45) is 5.41 Å². The lowest BCUT2D eigenvalue weighted by Crippen LogP contribution is -2.18. The van der Waals surface area contributed by atoms with E-state index in [1.54, 1.807) is 12.1 Å². The molecule has 1 aromatic rings. The smallest absolute Gasteiger partial charge is 0.335 e. The number of carboxylic acids is 1. The van der Waals surface area contributed by atoms with E-state index in [9.17, 15) is 4.79 Å². The van der Waals surface area contributed by atoms with Gasteiger partial charge in [-0.1, -0.05) is 45.9 Å². The van der Waals surface area contributed by atoms with E-state index >= 15 is 0 Å². The zero-order chi connectivity index (χ0) is 11.6. The Hall–Kier alpha value is -1.31. The Labute approximate surface area is 90.9 Å². The van der Waals surface area contributed by atoms with E-state index in [4.69, 9.17) is 5.11 Å². The average molecular weight is 206 g/mol. The van der Waals surface area contributed by atoms with Crippen molar-refractivity contribution < 1.29 is 9.90 Å². The Morgan fingerprint density at radius 1 is 1.27 bits per heavy atom. The first kappa shape index (κ1) is 11.8. The van der Waals surface area contributed by atoms with Gasteiger partial charge in [-0.15, -0.1) is 0 Å². The summed E-state index contributed by atoms with van der Waals surface area (Å²) in [5, 5.41) is 9.08. The molecular formula is C13H18O2. The van der Waals surface area contributed by atoms with Gasteiger partial charge in [0.2, 0.25) is 0 Å². The highest BCUT2D eigenvalue weighted by Crippen LogP contribution is 2.35. The SMILES string of the molecule is CC(c1ccccc1C(=O)O)C(C)(C)C. The molecule has 0 amide bonds. The monoisotopic (exact) mass is 206 g/mol. The molecule has 1 atom stereocenters. The van der Waals surface area contributed by atoms with Gasteiger partial charge in [-0.2, -0.15) is 0 Å². The van der Waals surface area contributed by atoms with Crippen LogP contribution in [0.2, 0.25) is 0 Å². The summed E-state index contributed by atoms with van der Waals surface area (Å²) in [6, 6.07) is 7.23. The number of carbonyl (C=O) groups is 1. The molecule has 2 heteroatoms. The Morgan fingerprint density at radius 3 is 2.27 bits per heavy atom. The molecular weight excluding hydrogens is 188 g/mol. The lowest BCUT2D eigenvalue weighted by Gasteiger charge is -2.28. The second-order valence-electron chi connectivity index (χ2n) is 4.98. The molecule has 0 radical (unpaired) electrons. The number of aromatic carboxylic acids is 1. The molecule has 1 aromatic carbocycles. The molecule has 0 aliphatic heterocycles. The van der Waals surface area contributed by atoms with Crippen molar-refractivity contribution in [3.8, 4) is 0 Å². The first-order chi connectivity index (χ1) is 6.84. The molecule has 1 rings (SSSR count). The van der Waals surface area contributed by atoms with E-state index in [0.717, 1.165) is 5.56 Å². The first-order valence-corrected chi connectivity index (χ1v) is 5.16. The zero-order valence-corrected chi connectivity index (χ0v) is 9.74. The minimum atomic E-state index is -0.846. The molecule has 0 aliphatic rings. The Bertz CT molecular complexity index is 361. The molecule has 0 saturated heterocycles. The van der Waals surface area contributed by atoms with E-state index in [1.807, 2.05) is 12.1 Å². The van der Waals surface area contributed by atoms with E-state index < -0.39 is 5.97 Å². The van der Waals surface area contributed by atoms with Crippen LogP contribution in [0.1, 0.15) is 49.5 Å². The molecule has 1 unspecified atom stereocenters. The van der Waals surface area contributed by atoms with Crippen molar-refractivity contribution >= 4 is 5.97 Å². The predicted molar refractivity (Wildman–Crippen MR) is 61.3 cm³/mol. The van der Waals surface area contributed by atoms with Gasteiger partial charge < -0.3 is 5.11 Å². The van der Waals surface area contributed by atoms with Crippen LogP contribution in [0.25, 0.3) is 0 Å². The van der Waals surface area contributed by atoms with Gasteiger partial charge >= 0.3 is 5.97 Å². The standard InChI is InChI=1S/C13H18O2/c1-9(13(2,3)4)10-7-5-6-8-11(10)12(14)15/h5-9H,1-4H3,(H,14,15). The average Bonchev–Trinajstić information content (AvgIpc) is 2.15. The first-order valence-electron chi connectivity index (χ1n) is 5.16. The largest absolute Gasteiger partial charge is 0.478 e. The van der Waals surface area contributed by atoms with Crippen molar-refractivity contribution in [1.82, 2.24) is 0 Å². The number of benzene rings is 1. The molecule has 1 N–H and O–H groups in total. The maximum Gasteiger partial charge on any atom is 0.335 e. The van der Waals surface area contributed by atoms with Crippen LogP contribution >= 0.6 is 0 Å². The summed E-state index contributed by atoms with van der Waals surface area (Å²) in [6.45, 7) is 8.44. The van der Waals surface area contributed by atoms with Crippen LogP contribution in [0.15, 0.2) is 24.3 Å². The predicted octanol–water partition coefficient (Wildman–Crippen LogP) is 3.53. The van der Waals surface area contributed by atoms with Gasteiger partial charge in [-0.05, 0) is 23.0 Å². The highest BCUT2D eigenvalue weighted by atomic mass is 16.4. The number of hydrogen-bond donors (Lipinski definition) is 1. The summed E-state index contributed by atoms with van der Waals surface area (Å²) in [4.78, 5) is 11.1. The maximum absolute atomic E-state index is 11.1. The normalized spacial score (nSPS) is 13.6. The van der Waals surface area contributed by atoms with Crippen molar-refractivity contribution in [1.29, 1.82) is 0 Å². The fourth-order valence-corrected chi connectivity index (χ4v) is 1.54. The van der Waals surface area contributed by atoms with Crippen LogP contribution in [0.3, 0.4) is 0 Å². The minimum Gasteiger partial charge on any atom is -0.478 e. The van der Waals surface area contributed by atoms with E-state index in [-0.39, 0.29) is 11.3 Å². The lowest BCUT2D eigenvalue weighted by atomic mass is 9.76. The van der Waals surface area contributed by atoms with Gasteiger partial charge in [-0.3, -0.25) is 0 Å². The van der Waals surface area contributed by atoms with E-state index in [0.29, 0.717) is 5.56 Å². The number of rotatable bonds is 2. The summed E-state index contributed by atoms with van der Waals surface area (Å²) >= 11 is 0. The van der Waals surface area contributed by atoms with E-state index in [1.165, 1.54) is 0 Å². The third kappa shape index (κ3) is 2.58. The quantitative estimate of drug-likeness (QED) is 0.803. The minimum absolute atomic E-state index is 0.0750. The summed E-state index contributed by atoms with van der Waals surface area (Å²) in [7, 11) is 0. The van der Waals surface area contributed by atoms with Crippen LogP contribution in [0.5, 0.6) is 0 Å². The van der Waals surface area contributed by atoms with Gasteiger partial charge in [0.25, 0.3) is 0 Å². The fourth-order valence-electron chi connectivity index (χ4n) is 1.54. The highest BCUT2D eigenvalue weighted by molar-refractivity contribution is 5.89.